The molecular weight excluding hydrogens is 324 g/mol. The molecule has 0 amide bonds. The van der Waals surface area contributed by atoms with Crippen LogP contribution in [-0.2, 0) is 14.8 Å². The highest BCUT2D eigenvalue weighted by atomic mass is 32.2. The standard InChI is InChI=1S/C14H12N2O6S/c17-14(18)9-15-23(21,22)13-7-3-11(4-8-13)10-1-5-12(6-2-10)16(19)20/h1-8,15H,9H2,(H,17,18)/p-1. The van der Waals surface area contributed by atoms with Crippen LogP contribution >= 0.6 is 0 Å². The van der Waals surface area contributed by atoms with Gasteiger partial charge in [-0.1, -0.05) is 12.1 Å². The van der Waals surface area contributed by atoms with Gasteiger partial charge < -0.3 is 9.90 Å². The number of nitro benzene ring substituents is 1. The number of carbonyl (C=O) groups excluding carboxylic acids is 1. The van der Waals surface area contributed by atoms with Crippen molar-refractivity contribution in [1.29, 1.82) is 0 Å². The summed E-state index contributed by atoms with van der Waals surface area (Å²) in [4.78, 5) is 20.3. The number of aliphatic carboxylic acids is 1. The van der Waals surface area contributed by atoms with Gasteiger partial charge in [-0.3, -0.25) is 10.1 Å². The second-order valence-corrected chi connectivity index (χ2v) is 6.29. The maximum atomic E-state index is 11.8. The van der Waals surface area contributed by atoms with Gasteiger partial charge in [0.25, 0.3) is 5.69 Å². The summed E-state index contributed by atoms with van der Waals surface area (Å²) in [5, 5.41) is 20.9. The molecule has 0 aliphatic rings. The average molecular weight is 335 g/mol. The summed E-state index contributed by atoms with van der Waals surface area (Å²) in [5.74, 6) is -1.53. The van der Waals surface area contributed by atoms with Gasteiger partial charge in [0.2, 0.25) is 10.0 Å². The van der Waals surface area contributed by atoms with Crippen molar-refractivity contribution < 1.29 is 23.2 Å². The second-order valence-electron chi connectivity index (χ2n) is 4.52. The van der Waals surface area contributed by atoms with E-state index in [0.717, 1.165) is 0 Å². The molecular formula is C14H11N2O6S-. The van der Waals surface area contributed by atoms with Crippen LogP contribution in [0.2, 0.25) is 0 Å². The topological polar surface area (TPSA) is 129 Å². The lowest BCUT2D eigenvalue weighted by atomic mass is 10.1. The van der Waals surface area contributed by atoms with Crippen molar-refractivity contribution in [2.75, 3.05) is 6.54 Å². The number of rotatable bonds is 6. The number of carbonyl (C=O) groups is 1. The van der Waals surface area contributed by atoms with E-state index >= 15 is 0 Å². The summed E-state index contributed by atoms with van der Waals surface area (Å²) in [6.07, 6.45) is 0. The molecule has 0 heterocycles. The Bertz CT molecular complexity index is 829. The van der Waals surface area contributed by atoms with Gasteiger partial charge in [-0.05, 0) is 35.4 Å². The molecule has 0 bridgehead atoms. The Balaban J connectivity index is 2.22. The Morgan fingerprint density at radius 1 is 1.00 bits per heavy atom. The molecule has 0 fully saturated rings. The van der Waals surface area contributed by atoms with Gasteiger partial charge in [-0.25, -0.2) is 13.1 Å². The van der Waals surface area contributed by atoms with Gasteiger partial charge in [0.15, 0.2) is 0 Å². The Labute approximate surface area is 131 Å². The minimum Gasteiger partial charge on any atom is -0.549 e. The first-order valence-electron chi connectivity index (χ1n) is 6.34. The molecule has 9 heteroatoms. The Hall–Kier alpha value is -2.78. The molecule has 0 aliphatic heterocycles. The largest absolute Gasteiger partial charge is 0.549 e. The molecule has 23 heavy (non-hydrogen) atoms. The summed E-state index contributed by atoms with van der Waals surface area (Å²) in [7, 11) is -3.93. The van der Waals surface area contributed by atoms with E-state index in [0.29, 0.717) is 11.1 Å². The van der Waals surface area contributed by atoms with E-state index in [2.05, 4.69) is 0 Å². The number of nitrogens with zero attached hydrogens (tertiary/aromatic N) is 1. The predicted molar refractivity (Wildman–Crippen MR) is 78.7 cm³/mol. The van der Waals surface area contributed by atoms with Crippen LogP contribution in [-0.4, -0.2) is 25.9 Å². The molecule has 0 saturated heterocycles. The number of nitro groups is 1. The lowest BCUT2D eigenvalue weighted by Crippen LogP contribution is -2.37. The zero-order valence-electron chi connectivity index (χ0n) is 11.6. The Kier molecular flexibility index (Phi) is 4.72. The summed E-state index contributed by atoms with van der Waals surface area (Å²) in [6.45, 7) is -0.813. The molecule has 0 spiro atoms. The molecule has 2 aromatic rings. The average Bonchev–Trinajstić information content (AvgIpc) is 2.53. The number of hydrogen-bond donors (Lipinski definition) is 1. The minimum absolute atomic E-state index is 0.0422. The van der Waals surface area contributed by atoms with Crippen molar-refractivity contribution in [3.8, 4) is 11.1 Å². The van der Waals surface area contributed by atoms with Crippen molar-refractivity contribution in [1.82, 2.24) is 4.72 Å². The number of carboxylic acids is 1. The summed E-state index contributed by atoms with van der Waals surface area (Å²) < 4.78 is 25.5. The van der Waals surface area contributed by atoms with E-state index in [1.807, 2.05) is 4.72 Å². The molecule has 2 rings (SSSR count). The van der Waals surface area contributed by atoms with E-state index in [1.165, 1.54) is 36.4 Å². The number of non-ortho nitro benzene ring substituents is 1. The fourth-order valence-corrected chi connectivity index (χ4v) is 2.81. The first-order valence-corrected chi connectivity index (χ1v) is 7.82. The zero-order valence-corrected chi connectivity index (χ0v) is 12.4. The van der Waals surface area contributed by atoms with Gasteiger partial charge in [0.1, 0.15) is 0 Å². The maximum Gasteiger partial charge on any atom is 0.269 e. The Morgan fingerprint density at radius 3 is 1.91 bits per heavy atom. The fourth-order valence-electron chi connectivity index (χ4n) is 1.84. The zero-order chi connectivity index (χ0) is 17.0. The quantitative estimate of drug-likeness (QED) is 0.596. The maximum absolute atomic E-state index is 11.8. The SMILES string of the molecule is O=C([O-])CNS(=O)(=O)c1ccc(-c2ccc([N+](=O)[O-])cc2)cc1. The van der Waals surface area contributed by atoms with E-state index in [4.69, 9.17) is 0 Å². The van der Waals surface area contributed by atoms with Crippen molar-refractivity contribution in [3.05, 3.63) is 58.6 Å². The Morgan fingerprint density at radius 2 is 1.48 bits per heavy atom. The van der Waals surface area contributed by atoms with Crippen LogP contribution in [0.5, 0.6) is 0 Å². The second kappa shape index (κ2) is 6.55. The van der Waals surface area contributed by atoms with Crippen LogP contribution in [0.1, 0.15) is 0 Å². The molecule has 120 valence electrons. The summed E-state index contributed by atoms with van der Waals surface area (Å²) in [6, 6.07) is 11.5. The van der Waals surface area contributed by atoms with Crippen LogP contribution in [0.15, 0.2) is 53.4 Å². The van der Waals surface area contributed by atoms with Crippen LogP contribution in [0.25, 0.3) is 11.1 Å². The van der Waals surface area contributed by atoms with Crippen molar-refractivity contribution in [2.45, 2.75) is 4.90 Å². The molecule has 2 aromatic carbocycles. The molecule has 0 atom stereocenters. The molecule has 0 aromatic heterocycles. The van der Waals surface area contributed by atoms with E-state index in [1.54, 1.807) is 12.1 Å². The van der Waals surface area contributed by atoms with Gasteiger partial charge in [0, 0.05) is 12.1 Å². The van der Waals surface area contributed by atoms with Crippen LogP contribution in [0, 0.1) is 10.1 Å². The van der Waals surface area contributed by atoms with Crippen LogP contribution < -0.4 is 9.83 Å². The first kappa shape index (κ1) is 16.6. The third-order valence-corrected chi connectivity index (χ3v) is 4.40. The molecule has 1 N–H and O–H groups in total. The summed E-state index contributed by atoms with van der Waals surface area (Å²) in [5.41, 5.74) is 1.31. The van der Waals surface area contributed by atoms with Gasteiger partial charge in [-0.2, -0.15) is 0 Å². The van der Waals surface area contributed by atoms with Crippen molar-refractivity contribution in [3.63, 3.8) is 0 Å². The third kappa shape index (κ3) is 4.11. The molecule has 0 aliphatic carbocycles. The van der Waals surface area contributed by atoms with Gasteiger partial charge >= 0.3 is 0 Å². The number of sulfonamides is 1. The highest BCUT2D eigenvalue weighted by molar-refractivity contribution is 7.89. The number of hydrogen-bond acceptors (Lipinski definition) is 6. The van der Waals surface area contributed by atoms with Crippen molar-refractivity contribution >= 4 is 21.7 Å². The predicted octanol–water partition coefficient (Wildman–Crippen LogP) is 0.290. The lowest BCUT2D eigenvalue weighted by Gasteiger charge is -2.08. The number of benzene rings is 2. The fraction of sp³-hybridized carbons (Fsp3) is 0.0714. The third-order valence-electron chi connectivity index (χ3n) is 2.98. The van der Waals surface area contributed by atoms with E-state index < -0.39 is 27.5 Å². The molecule has 0 radical (unpaired) electrons. The van der Waals surface area contributed by atoms with Gasteiger partial charge in [0.05, 0.1) is 22.3 Å². The van der Waals surface area contributed by atoms with Crippen LogP contribution in [0.3, 0.4) is 0 Å². The van der Waals surface area contributed by atoms with Crippen LogP contribution in [0.4, 0.5) is 5.69 Å². The van der Waals surface area contributed by atoms with E-state index in [9.17, 15) is 28.4 Å². The first-order chi connectivity index (χ1) is 10.8. The smallest absolute Gasteiger partial charge is 0.269 e. The molecule has 0 saturated carbocycles. The summed E-state index contributed by atoms with van der Waals surface area (Å²) >= 11 is 0. The highest BCUT2D eigenvalue weighted by Gasteiger charge is 2.13. The highest BCUT2D eigenvalue weighted by Crippen LogP contribution is 2.23. The minimum atomic E-state index is -3.93. The molecule has 8 nitrogen and oxygen atoms in total. The number of carboxylic acid groups (broad SMARTS) is 1. The van der Waals surface area contributed by atoms with Gasteiger partial charge in [-0.15, -0.1) is 0 Å². The molecule has 0 unspecified atom stereocenters. The number of nitrogens with one attached hydrogen (secondary N) is 1. The lowest BCUT2D eigenvalue weighted by molar-refractivity contribution is -0.384. The monoisotopic (exact) mass is 335 g/mol. The normalized spacial score (nSPS) is 11.1. The van der Waals surface area contributed by atoms with Crippen molar-refractivity contribution in [2.24, 2.45) is 0 Å². The van der Waals surface area contributed by atoms with E-state index in [-0.39, 0.29) is 10.6 Å².